The van der Waals surface area contributed by atoms with Gasteiger partial charge >= 0.3 is 0 Å². The van der Waals surface area contributed by atoms with Crippen LogP contribution < -0.4 is 16.6 Å². The highest BCUT2D eigenvalue weighted by Gasteiger charge is 2.12. The van der Waals surface area contributed by atoms with Gasteiger partial charge in [0.25, 0.3) is 5.91 Å². The van der Waals surface area contributed by atoms with Gasteiger partial charge in [-0.2, -0.15) is 0 Å². The van der Waals surface area contributed by atoms with E-state index in [9.17, 15) is 4.79 Å². The number of pyridine rings is 1. The standard InChI is InChI=1S/C12H19BrN4O2/c1-19-6-4-2-3-5-15-12(18)10-7-9(13)8-16-11(10)17-14/h7-8H,2-6,14H2,1H3,(H,15,18)(H,16,17). The molecule has 1 amide bonds. The number of ether oxygens (including phenoxy) is 1. The molecule has 0 saturated heterocycles. The van der Waals surface area contributed by atoms with Crippen LogP contribution in [0.15, 0.2) is 16.7 Å². The first-order valence-corrected chi connectivity index (χ1v) is 6.87. The molecule has 0 spiro atoms. The Morgan fingerprint density at radius 3 is 2.95 bits per heavy atom. The van der Waals surface area contributed by atoms with Gasteiger partial charge in [0, 0.05) is 30.9 Å². The fourth-order valence-electron chi connectivity index (χ4n) is 1.57. The van der Waals surface area contributed by atoms with Crippen LogP contribution in [0.25, 0.3) is 0 Å². The van der Waals surface area contributed by atoms with Gasteiger partial charge in [-0.25, -0.2) is 10.8 Å². The number of hydrogen-bond donors (Lipinski definition) is 3. The molecule has 0 aromatic carbocycles. The van der Waals surface area contributed by atoms with Crippen molar-refractivity contribution < 1.29 is 9.53 Å². The zero-order valence-corrected chi connectivity index (χ0v) is 12.5. The molecule has 0 atom stereocenters. The Bertz CT molecular complexity index is 415. The molecule has 1 aromatic heterocycles. The second kappa shape index (κ2) is 8.84. The van der Waals surface area contributed by atoms with Gasteiger partial charge in [0.05, 0.1) is 5.56 Å². The number of hydrogen-bond acceptors (Lipinski definition) is 5. The maximum Gasteiger partial charge on any atom is 0.255 e. The number of hydrazine groups is 1. The van der Waals surface area contributed by atoms with Gasteiger partial charge in [0.1, 0.15) is 0 Å². The first-order chi connectivity index (χ1) is 9.19. The molecule has 0 radical (unpaired) electrons. The summed E-state index contributed by atoms with van der Waals surface area (Å²) in [6.07, 6.45) is 4.52. The van der Waals surface area contributed by atoms with Crippen molar-refractivity contribution in [2.75, 3.05) is 25.7 Å². The van der Waals surface area contributed by atoms with E-state index in [0.29, 0.717) is 17.9 Å². The van der Waals surface area contributed by atoms with Crippen molar-refractivity contribution in [1.29, 1.82) is 0 Å². The molecular formula is C12H19BrN4O2. The first kappa shape index (κ1) is 15.9. The lowest BCUT2D eigenvalue weighted by Gasteiger charge is -2.09. The number of carbonyl (C=O) groups is 1. The molecule has 1 heterocycles. The molecular weight excluding hydrogens is 312 g/mol. The highest BCUT2D eigenvalue weighted by atomic mass is 79.9. The van der Waals surface area contributed by atoms with Crippen LogP contribution >= 0.6 is 15.9 Å². The van der Waals surface area contributed by atoms with E-state index < -0.39 is 0 Å². The molecule has 0 aliphatic heterocycles. The van der Waals surface area contributed by atoms with E-state index in [2.05, 4.69) is 31.7 Å². The normalized spacial score (nSPS) is 10.3. The zero-order valence-electron chi connectivity index (χ0n) is 10.9. The number of carbonyl (C=O) groups excluding carboxylic acids is 1. The Kier molecular flexibility index (Phi) is 7.39. The van der Waals surface area contributed by atoms with E-state index in [0.717, 1.165) is 30.3 Å². The summed E-state index contributed by atoms with van der Waals surface area (Å²) >= 11 is 3.28. The van der Waals surface area contributed by atoms with Crippen LogP contribution in [0.2, 0.25) is 0 Å². The average molecular weight is 331 g/mol. The van der Waals surface area contributed by atoms with Crippen LogP contribution in [0.1, 0.15) is 29.6 Å². The van der Waals surface area contributed by atoms with Crippen molar-refractivity contribution in [3.63, 3.8) is 0 Å². The summed E-state index contributed by atoms with van der Waals surface area (Å²) < 4.78 is 5.69. The Balaban J connectivity index is 2.43. The summed E-state index contributed by atoms with van der Waals surface area (Å²) in [4.78, 5) is 16.0. The van der Waals surface area contributed by atoms with Gasteiger partial charge in [-0.1, -0.05) is 0 Å². The second-order valence-corrected chi connectivity index (χ2v) is 4.92. The molecule has 7 heteroatoms. The highest BCUT2D eigenvalue weighted by Crippen LogP contribution is 2.17. The number of nitrogen functional groups attached to an aromatic ring is 1. The van der Waals surface area contributed by atoms with E-state index in [1.807, 2.05) is 0 Å². The topological polar surface area (TPSA) is 89.3 Å². The number of anilines is 1. The molecule has 0 unspecified atom stereocenters. The van der Waals surface area contributed by atoms with Gasteiger partial charge in [-0.05, 0) is 41.3 Å². The van der Waals surface area contributed by atoms with Crippen LogP contribution in [0.5, 0.6) is 0 Å². The van der Waals surface area contributed by atoms with Gasteiger partial charge in [-0.3, -0.25) is 4.79 Å². The van der Waals surface area contributed by atoms with Crippen molar-refractivity contribution in [2.24, 2.45) is 5.84 Å². The van der Waals surface area contributed by atoms with Crippen molar-refractivity contribution >= 4 is 27.7 Å². The lowest BCUT2D eigenvalue weighted by atomic mass is 10.2. The van der Waals surface area contributed by atoms with E-state index >= 15 is 0 Å². The SMILES string of the molecule is COCCCCCNC(=O)c1cc(Br)cnc1NN. The third-order valence-corrected chi connectivity index (χ3v) is 2.98. The van der Waals surface area contributed by atoms with Crippen molar-refractivity contribution in [2.45, 2.75) is 19.3 Å². The van der Waals surface area contributed by atoms with Crippen molar-refractivity contribution in [3.05, 3.63) is 22.3 Å². The third kappa shape index (κ3) is 5.54. The van der Waals surface area contributed by atoms with E-state index in [-0.39, 0.29) is 5.91 Å². The number of nitrogens with two attached hydrogens (primary N) is 1. The summed E-state index contributed by atoms with van der Waals surface area (Å²) in [6, 6.07) is 1.68. The first-order valence-electron chi connectivity index (χ1n) is 6.08. The number of unbranched alkanes of at least 4 members (excludes halogenated alkanes) is 2. The molecule has 0 bridgehead atoms. The predicted molar refractivity (Wildman–Crippen MR) is 77.8 cm³/mol. The summed E-state index contributed by atoms with van der Waals surface area (Å²) in [5, 5.41) is 2.84. The Morgan fingerprint density at radius 1 is 1.47 bits per heavy atom. The Hall–Kier alpha value is -1.18. The van der Waals surface area contributed by atoms with Crippen LogP contribution in [0.3, 0.4) is 0 Å². The Morgan fingerprint density at radius 2 is 2.26 bits per heavy atom. The molecule has 19 heavy (non-hydrogen) atoms. The average Bonchev–Trinajstić information content (AvgIpc) is 2.42. The maximum atomic E-state index is 12.0. The lowest BCUT2D eigenvalue weighted by Crippen LogP contribution is -2.26. The zero-order chi connectivity index (χ0) is 14.1. The minimum Gasteiger partial charge on any atom is -0.385 e. The van der Waals surface area contributed by atoms with Gasteiger partial charge in [-0.15, -0.1) is 0 Å². The fraction of sp³-hybridized carbons (Fsp3) is 0.500. The molecule has 0 saturated carbocycles. The molecule has 0 fully saturated rings. The minimum absolute atomic E-state index is 0.187. The number of nitrogens with zero attached hydrogens (tertiary/aromatic N) is 1. The molecule has 6 nitrogen and oxygen atoms in total. The van der Waals surface area contributed by atoms with E-state index in [1.54, 1.807) is 19.4 Å². The van der Waals surface area contributed by atoms with Crippen LogP contribution in [0.4, 0.5) is 5.82 Å². The minimum atomic E-state index is -0.187. The summed E-state index contributed by atoms with van der Waals surface area (Å²) in [6.45, 7) is 1.38. The smallest absolute Gasteiger partial charge is 0.255 e. The third-order valence-electron chi connectivity index (χ3n) is 2.55. The largest absolute Gasteiger partial charge is 0.385 e. The van der Waals surface area contributed by atoms with Crippen LogP contribution in [0, 0.1) is 0 Å². The van der Waals surface area contributed by atoms with Gasteiger partial charge in [0.15, 0.2) is 5.82 Å². The number of nitrogens with one attached hydrogen (secondary N) is 2. The molecule has 1 aromatic rings. The van der Waals surface area contributed by atoms with Crippen LogP contribution in [-0.4, -0.2) is 31.2 Å². The molecule has 106 valence electrons. The monoisotopic (exact) mass is 330 g/mol. The second-order valence-electron chi connectivity index (χ2n) is 4.00. The van der Waals surface area contributed by atoms with Gasteiger partial charge in [0.2, 0.25) is 0 Å². The number of amides is 1. The molecule has 4 N–H and O–H groups in total. The quantitative estimate of drug-likeness (QED) is 0.383. The molecule has 1 rings (SSSR count). The molecule has 0 aliphatic carbocycles. The number of aromatic nitrogens is 1. The van der Waals surface area contributed by atoms with Crippen molar-refractivity contribution in [1.82, 2.24) is 10.3 Å². The van der Waals surface area contributed by atoms with Crippen molar-refractivity contribution in [3.8, 4) is 0 Å². The maximum absolute atomic E-state index is 12.0. The highest BCUT2D eigenvalue weighted by molar-refractivity contribution is 9.10. The lowest BCUT2D eigenvalue weighted by molar-refractivity contribution is 0.0953. The van der Waals surface area contributed by atoms with Gasteiger partial charge < -0.3 is 15.5 Å². The van der Waals surface area contributed by atoms with Crippen LogP contribution in [-0.2, 0) is 4.74 Å². The number of methoxy groups -OCH3 is 1. The van der Waals surface area contributed by atoms with E-state index in [4.69, 9.17) is 10.6 Å². The predicted octanol–water partition coefficient (Wildman–Crippen LogP) is 1.68. The summed E-state index contributed by atoms with van der Waals surface area (Å²) in [7, 11) is 1.68. The summed E-state index contributed by atoms with van der Waals surface area (Å²) in [5.41, 5.74) is 2.84. The fourth-order valence-corrected chi connectivity index (χ4v) is 1.90. The molecule has 0 aliphatic rings. The number of rotatable bonds is 8. The van der Waals surface area contributed by atoms with E-state index in [1.165, 1.54) is 0 Å². The summed E-state index contributed by atoms with van der Waals surface area (Å²) in [5.74, 6) is 5.50. The Labute approximate surface area is 121 Å². The number of halogens is 1.